The molecule has 2 heterocycles. The fraction of sp³-hybridized carbons (Fsp3) is 0.435. The molecule has 0 bridgehead atoms. The van der Waals surface area contributed by atoms with Crippen molar-refractivity contribution < 1.29 is 28.3 Å². The molecule has 3 rings (SSSR count). The number of alkyl carbamates (subject to hydrolysis) is 1. The maximum absolute atomic E-state index is 13.0. The predicted molar refractivity (Wildman–Crippen MR) is 113 cm³/mol. The highest BCUT2D eigenvalue weighted by molar-refractivity contribution is 6.37. The molecular formula is C23H27N3O6. The van der Waals surface area contributed by atoms with E-state index in [-0.39, 0.29) is 37.7 Å². The summed E-state index contributed by atoms with van der Waals surface area (Å²) in [6.07, 6.45) is 0.885. The highest BCUT2D eigenvalue weighted by Crippen LogP contribution is 2.21. The van der Waals surface area contributed by atoms with Crippen LogP contribution in [-0.2, 0) is 38.6 Å². The van der Waals surface area contributed by atoms with Gasteiger partial charge in [-0.25, -0.2) is 9.78 Å². The molecule has 2 aromatic rings. The molecule has 2 amide bonds. The number of hydrogen-bond acceptors (Lipinski definition) is 7. The van der Waals surface area contributed by atoms with Crippen molar-refractivity contribution in [2.75, 3.05) is 6.54 Å². The Morgan fingerprint density at radius 2 is 2.00 bits per heavy atom. The molecule has 0 aliphatic carbocycles. The Hall–Kier alpha value is -3.49. The molecular weight excluding hydrogens is 414 g/mol. The van der Waals surface area contributed by atoms with Gasteiger partial charge in [0, 0.05) is 31.7 Å². The van der Waals surface area contributed by atoms with Gasteiger partial charge in [0.2, 0.25) is 5.78 Å². The molecule has 9 nitrogen and oxygen atoms in total. The number of ether oxygens (including phenoxy) is 1. The zero-order valence-corrected chi connectivity index (χ0v) is 18.1. The summed E-state index contributed by atoms with van der Waals surface area (Å²) >= 11 is 0. The average Bonchev–Trinajstić information content (AvgIpc) is 3.22. The molecule has 0 saturated carbocycles. The highest BCUT2D eigenvalue weighted by atomic mass is 16.5. The fourth-order valence-corrected chi connectivity index (χ4v) is 3.59. The molecule has 9 heteroatoms. The lowest BCUT2D eigenvalue weighted by molar-refractivity contribution is -0.141. The summed E-state index contributed by atoms with van der Waals surface area (Å²) in [4.78, 5) is 54.3. The number of hydrogen-bond donors (Lipinski definition) is 2. The van der Waals surface area contributed by atoms with E-state index in [1.165, 1.54) is 6.39 Å². The van der Waals surface area contributed by atoms with Crippen LogP contribution in [0, 0.1) is 11.8 Å². The number of Topliss-reactive ketones (excluding diaryl/α,β-unsaturated/α-hetero) is 2. The first-order valence-corrected chi connectivity index (χ1v) is 10.6. The Morgan fingerprint density at radius 3 is 2.72 bits per heavy atom. The molecule has 32 heavy (non-hydrogen) atoms. The van der Waals surface area contributed by atoms with E-state index in [4.69, 9.17) is 9.15 Å². The van der Waals surface area contributed by atoms with Crippen LogP contribution in [0.1, 0.15) is 37.3 Å². The molecule has 1 aliphatic heterocycles. The highest BCUT2D eigenvalue weighted by Gasteiger charge is 2.34. The molecule has 2 atom stereocenters. The van der Waals surface area contributed by atoms with E-state index < -0.39 is 29.7 Å². The van der Waals surface area contributed by atoms with E-state index in [2.05, 4.69) is 15.6 Å². The van der Waals surface area contributed by atoms with Crippen LogP contribution in [0.25, 0.3) is 0 Å². The quantitative estimate of drug-likeness (QED) is 0.629. The Labute approximate surface area is 185 Å². The topological polar surface area (TPSA) is 128 Å². The third-order valence-electron chi connectivity index (χ3n) is 5.35. The van der Waals surface area contributed by atoms with Gasteiger partial charge < -0.3 is 19.8 Å². The lowest BCUT2D eigenvalue weighted by Crippen LogP contribution is -2.46. The van der Waals surface area contributed by atoms with Crippen LogP contribution in [-0.4, -0.2) is 41.1 Å². The molecule has 1 aliphatic rings. The summed E-state index contributed by atoms with van der Waals surface area (Å²) in [5.74, 6) is -2.43. The van der Waals surface area contributed by atoms with Crippen LogP contribution < -0.4 is 10.6 Å². The van der Waals surface area contributed by atoms with Crippen molar-refractivity contribution in [1.82, 2.24) is 15.6 Å². The third kappa shape index (κ3) is 6.03. The number of fused-ring (bicyclic) bond motifs is 1. The van der Waals surface area contributed by atoms with E-state index in [0.717, 1.165) is 5.56 Å². The van der Waals surface area contributed by atoms with E-state index >= 15 is 0 Å². The Balaban J connectivity index is 1.66. The molecule has 0 spiro atoms. The van der Waals surface area contributed by atoms with Gasteiger partial charge in [0.1, 0.15) is 12.4 Å². The molecule has 2 unspecified atom stereocenters. The van der Waals surface area contributed by atoms with E-state index in [0.29, 0.717) is 17.9 Å². The first-order valence-electron chi connectivity index (χ1n) is 10.6. The van der Waals surface area contributed by atoms with Crippen molar-refractivity contribution in [2.24, 2.45) is 11.8 Å². The number of amides is 2. The summed E-state index contributed by atoms with van der Waals surface area (Å²) in [6, 6.07) is 8.31. The van der Waals surface area contributed by atoms with Crippen LogP contribution in [0.2, 0.25) is 0 Å². The lowest BCUT2D eigenvalue weighted by atomic mass is 9.87. The summed E-state index contributed by atoms with van der Waals surface area (Å²) in [5.41, 5.74) is 1.47. The number of oxazole rings is 1. The molecule has 0 saturated heterocycles. The summed E-state index contributed by atoms with van der Waals surface area (Å²) < 4.78 is 10.6. The number of ketones is 2. The summed E-state index contributed by atoms with van der Waals surface area (Å²) in [5, 5.41) is 5.15. The second-order valence-electron chi connectivity index (χ2n) is 8.09. The van der Waals surface area contributed by atoms with Gasteiger partial charge in [-0.1, -0.05) is 44.2 Å². The fourth-order valence-electron chi connectivity index (χ4n) is 3.59. The Morgan fingerprint density at radius 1 is 1.25 bits per heavy atom. The van der Waals surface area contributed by atoms with Crippen molar-refractivity contribution in [3.05, 3.63) is 53.7 Å². The number of carbonyl (C=O) groups is 4. The van der Waals surface area contributed by atoms with Gasteiger partial charge in [-0.05, 0) is 11.5 Å². The smallest absolute Gasteiger partial charge is 0.408 e. The van der Waals surface area contributed by atoms with Crippen LogP contribution >= 0.6 is 0 Å². The molecule has 0 fully saturated rings. The monoisotopic (exact) mass is 441 g/mol. The zero-order chi connectivity index (χ0) is 23.1. The van der Waals surface area contributed by atoms with Gasteiger partial charge in [-0.15, -0.1) is 0 Å². The molecule has 2 N–H and O–H groups in total. The van der Waals surface area contributed by atoms with Crippen molar-refractivity contribution >= 4 is 23.6 Å². The maximum Gasteiger partial charge on any atom is 0.408 e. The number of nitrogens with zero attached hydrogens (tertiary/aromatic N) is 1. The van der Waals surface area contributed by atoms with Crippen molar-refractivity contribution in [3.63, 3.8) is 0 Å². The third-order valence-corrected chi connectivity index (χ3v) is 5.35. The lowest BCUT2D eigenvalue weighted by Gasteiger charge is -2.23. The minimum atomic E-state index is -0.907. The van der Waals surface area contributed by atoms with Gasteiger partial charge in [0.05, 0.1) is 11.7 Å². The van der Waals surface area contributed by atoms with Gasteiger partial charge in [0.25, 0.3) is 5.91 Å². The molecule has 1 aromatic carbocycles. The number of benzene rings is 1. The first-order chi connectivity index (χ1) is 15.3. The Bertz CT molecular complexity index is 969. The molecule has 0 radical (unpaired) electrons. The van der Waals surface area contributed by atoms with Crippen LogP contribution in [0.4, 0.5) is 4.79 Å². The van der Waals surface area contributed by atoms with Gasteiger partial charge in [-0.3, -0.25) is 14.4 Å². The van der Waals surface area contributed by atoms with Crippen LogP contribution in [0.3, 0.4) is 0 Å². The number of aromatic nitrogens is 1. The predicted octanol–water partition coefficient (Wildman–Crippen LogP) is 1.98. The van der Waals surface area contributed by atoms with Gasteiger partial charge in [-0.2, -0.15) is 0 Å². The number of rotatable bonds is 7. The second-order valence-corrected chi connectivity index (χ2v) is 8.09. The molecule has 170 valence electrons. The van der Waals surface area contributed by atoms with Crippen molar-refractivity contribution in [1.29, 1.82) is 0 Å². The second kappa shape index (κ2) is 10.7. The summed E-state index contributed by atoms with van der Waals surface area (Å²) in [7, 11) is 0. The Kier molecular flexibility index (Phi) is 7.75. The minimum absolute atomic E-state index is 0.0707. The van der Waals surface area contributed by atoms with Gasteiger partial charge in [0.15, 0.2) is 12.2 Å². The maximum atomic E-state index is 13.0. The minimum Gasteiger partial charge on any atom is -0.448 e. The number of nitrogens with one attached hydrogen (secondary N) is 2. The van der Waals surface area contributed by atoms with E-state index in [9.17, 15) is 19.2 Å². The SMILES string of the molecule is CC(C)C(NC(=O)OCc1ccccc1)C(=O)CC1Cc2ocnc2CCNC(=O)C1=O. The van der Waals surface area contributed by atoms with Crippen LogP contribution in [0.5, 0.6) is 0 Å². The molecule has 1 aromatic heterocycles. The van der Waals surface area contributed by atoms with Crippen molar-refractivity contribution in [3.8, 4) is 0 Å². The van der Waals surface area contributed by atoms with Crippen LogP contribution in [0.15, 0.2) is 41.1 Å². The summed E-state index contributed by atoms with van der Waals surface area (Å²) in [6.45, 7) is 3.90. The van der Waals surface area contributed by atoms with E-state index in [1.54, 1.807) is 13.8 Å². The first kappa shape index (κ1) is 23.2. The van der Waals surface area contributed by atoms with Gasteiger partial charge >= 0.3 is 6.09 Å². The number of carbonyl (C=O) groups excluding carboxylic acids is 4. The standard InChI is InChI=1S/C23H27N3O6/c1-14(2)20(26-23(30)31-12-15-6-4-3-5-7-15)18(27)10-16-11-19-17(25-13-32-19)8-9-24-22(29)21(16)28/h3-7,13-14,16,20H,8-12H2,1-2H3,(H,24,29)(H,26,30). The largest absolute Gasteiger partial charge is 0.448 e. The normalized spacial score (nSPS) is 17.4. The zero-order valence-electron chi connectivity index (χ0n) is 18.1. The average molecular weight is 441 g/mol. The van der Waals surface area contributed by atoms with Crippen molar-refractivity contribution in [2.45, 2.75) is 45.8 Å². The van der Waals surface area contributed by atoms with E-state index in [1.807, 2.05) is 30.3 Å².